The van der Waals surface area contributed by atoms with E-state index >= 15 is 0 Å². The molecule has 1 amide bonds. The zero-order valence-electron chi connectivity index (χ0n) is 23.8. The van der Waals surface area contributed by atoms with Crippen LogP contribution in [0.15, 0.2) is 12.1 Å². The van der Waals surface area contributed by atoms with Gasteiger partial charge in [0.2, 0.25) is 13.2 Å². The Morgan fingerprint density at radius 1 is 1.11 bits per heavy atom. The van der Waals surface area contributed by atoms with E-state index in [0.717, 1.165) is 24.1 Å². The molecule has 0 saturated carbocycles. The second-order valence-corrected chi connectivity index (χ2v) is 13.2. The monoisotopic (exact) mass is 553 g/mol. The number of carbonyl (C=O) groups is 1. The van der Waals surface area contributed by atoms with Crippen molar-refractivity contribution >= 4 is 21.2 Å². The SMILES string of the molecule is [B]C1C[N+](C)(CC)CC(COCP(=O)(N(C)C)N2CCN(C(=O)c3cc(OC)c(OC)c(OC)c3)CC2)O1. The highest BCUT2D eigenvalue weighted by Gasteiger charge is 2.39. The minimum absolute atomic E-state index is 0.0752. The predicted molar refractivity (Wildman–Crippen MR) is 147 cm³/mol. The van der Waals surface area contributed by atoms with Crippen molar-refractivity contribution in [2.45, 2.75) is 19.0 Å². The van der Waals surface area contributed by atoms with E-state index in [9.17, 15) is 9.36 Å². The second kappa shape index (κ2) is 13.0. The van der Waals surface area contributed by atoms with Gasteiger partial charge in [0.25, 0.3) is 5.91 Å². The van der Waals surface area contributed by atoms with Gasteiger partial charge in [-0.1, -0.05) is 0 Å². The van der Waals surface area contributed by atoms with Gasteiger partial charge < -0.3 is 33.1 Å². The molecule has 2 fully saturated rings. The number of benzene rings is 1. The second-order valence-electron chi connectivity index (χ2n) is 10.3. The number of hydrogen-bond acceptors (Lipinski definition) is 7. The van der Waals surface area contributed by atoms with Crippen molar-refractivity contribution < 1.29 is 37.5 Å². The van der Waals surface area contributed by atoms with Crippen LogP contribution in [0, 0.1) is 0 Å². The summed E-state index contributed by atoms with van der Waals surface area (Å²) in [4.78, 5) is 15.1. The summed E-state index contributed by atoms with van der Waals surface area (Å²) in [5, 5.41) is 0. The standard InChI is InChI=1S/C25H43BN4O7P/c1-8-30(4)15-20(37-23(26)16-30)17-36-18-38(32,27(2)3)29-11-9-28(10-12-29)25(31)19-13-21(33-5)24(35-7)22(14-19)34-6/h13-14,20,23H,8-12,15-18H2,1-7H3/q+1. The number of quaternary nitrogens is 1. The number of piperazine rings is 1. The summed E-state index contributed by atoms with van der Waals surface area (Å²) in [5.41, 5.74) is 0.440. The van der Waals surface area contributed by atoms with Crippen molar-refractivity contribution in [1.82, 2.24) is 14.2 Å². The van der Waals surface area contributed by atoms with Crippen LogP contribution < -0.4 is 14.2 Å². The molecule has 2 heterocycles. The van der Waals surface area contributed by atoms with E-state index in [1.807, 2.05) is 4.67 Å². The molecular weight excluding hydrogens is 510 g/mol. The Kier molecular flexibility index (Phi) is 10.5. The Labute approximate surface area is 228 Å². The molecule has 11 nitrogen and oxygen atoms in total. The van der Waals surface area contributed by atoms with Crippen molar-refractivity contribution in [2.75, 3.05) is 101 Å². The molecule has 38 heavy (non-hydrogen) atoms. The molecule has 2 aliphatic rings. The van der Waals surface area contributed by atoms with E-state index in [2.05, 4.69) is 14.0 Å². The van der Waals surface area contributed by atoms with Gasteiger partial charge in [-0.05, 0) is 33.2 Å². The molecule has 0 N–H and O–H groups in total. The fraction of sp³-hybridized carbons (Fsp3) is 0.720. The maximum atomic E-state index is 14.0. The Balaban J connectivity index is 1.61. The van der Waals surface area contributed by atoms with Gasteiger partial charge in [0, 0.05) is 31.7 Å². The molecule has 0 aliphatic carbocycles. The predicted octanol–water partition coefficient (Wildman–Crippen LogP) is 1.56. The molecule has 0 bridgehead atoms. The lowest BCUT2D eigenvalue weighted by atomic mass is 9.96. The van der Waals surface area contributed by atoms with E-state index in [1.54, 1.807) is 35.8 Å². The van der Waals surface area contributed by atoms with Gasteiger partial charge >= 0.3 is 0 Å². The average Bonchev–Trinajstić information content (AvgIpc) is 2.91. The Morgan fingerprint density at radius 2 is 1.71 bits per heavy atom. The van der Waals surface area contributed by atoms with E-state index in [-0.39, 0.29) is 24.4 Å². The van der Waals surface area contributed by atoms with Crippen molar-refractivity contribution in [3.63, 3.8) is 0 Å². The van der Waals surface area contributed by atoms with Crippen LogP contribution in [0.4, 0.5) is 0 Å². The third kappa shape index (κ3) is 6.84. The summed E-state index contributed by atoms with van der Waals surface area (Å²) >= 11 is 0. The lowest BCUT2D eigenvalue weighted by Gasteiger charge is -2.44. The summed E-state index contributed by atoms with van der Waals surface area (Å²) in [6.45, 7) is 6.79. The van der Waals surface area contributed by atoms with Gasteiger partial charge in [-0.2, -0.15) is 0 Å². The van der Waals surface area contributed by atoms with Gasteiger partial charge in [0.15, 0.2) is 11.5 Å². The first kappa shape index (κ1) is 30.7. The number of ether oxygens (including phenoxy) is 5. The zero-order valence-corrected chi connectivity index (χ0v) is 24.7. The number of carbonyl (C=O) groups excluding carboxylic acids is 1. The number of nitrogens with zero attached hydrogens (tertiary/aromatic N) is 4. The molecule has 2 aliphatic heterocycles. The third-order valence-corrected chi connectivity index (χ3v) is 10.5. The summed E-state index contributed by atoms with van der Waals surface area (Å²) in [6, 6.07) is 2.96. The zero-order chi connectivity index (χ0) is 28.1. The molecule has 2 radical (unpaired) electrons. The van der Waals surface area contributed by atoms with Crippen LogP contribution in [0.5, 0.6) is 17.2 Å². The fourth-order valence-electron chi connectivity index (χ4n) is 5.04. The number of rotatable bonds is 11. The van der Waals surface area contributed by atoms with Crippen LogP contribution in [0.25, 0.3) is 0 Å². The number of morpholine rings is 1. The van der Waals surface area contributed by atoms with E-state index in [1.165, 1.54) is 21.3 Å². The van der Waals surface area contributed by atoms with E-state index < -0.39 is 7.44 Å². The van der Waals surface area contributed by atoms with Crippen LogP contribution in [-0.4, -0.2) is 146 Å². The van der Waals surface area contributed by atoms with Crippen LogP contribution in [0.1, 0.15) is 17.3 Å². The minimum Gasteiger partial charge on any atom is -0.493 e. The first-order valence-electron chi connectivity index (χ1n) is 12.9. The third-order valence-electron chi connectivity index (χ3n) is 7.48. The molecule has 0 aromatic heterocycles. The smallest absolute Gasteiger partial charge is 0.254 e. The van der Waals surface area contributed by atoms with Gasteiger partial charge in [-0.15, -0.1) is 0 Å². The first-order chi connectivity index (χ1) is 18.0. The summed E-state index contributed by atoms with van der Waals surface area (Å²) in [5.74, 6) is 1.12. The summed E-state index contributed by atoms with van der Waals surface area (Å²) < 4.78 is 46.6. The van der Waals surface area contributed by atoms with Crippen LogP contribution in [0.3, 0.4) is 0 Å². The van der Waals surface area contributed by atoms with Crippen LogP contribution in [-0.2, 0) is 14.0 Å². The van der Waals surface area contributed by atoms with Gasteiger partial charge in [-0.3, -0.25) is 9.36 Å². The van der Waals surface area contributed by atoms with E-state index in [4.69, 9.17) is 31.5 Å². The van der Waals surface area contributed by atoms with E-state index in [0.29, 0.717) is 55.6 Å². The van der Waals surface area contributed by atoms with Crippen LogP contribution >= 0.6 is 7.44 Å². The van der Waals surface area contributed by atoms with Crippen molar-refractivity contribution in [3.05, 3.63) is 17.7 Å². The summed E-state index contributed by atoms with van der Waals surface area (Å²) in [7, 11) is 13.4. The molecular formula is C25H43BN4O7P+. The maximum Gasteiger partial charge on any atom is 0.254 e. The average molecular weight is 553 g/mol. The molecule has 2 saturated heterocycles. The van der Waals surface area contributed by atoms with Crippen molar-refractivity contribution in [2.24, 2.45) is 0 Å². The Bertz CT molecular complexity index is 983. The molecule has 3 rings (SSSR count). The lowest BCUT2D eigenvalue weighted by molar-refractivity contribution is -0.920. The molecule has 13 heteroatoms. The molecule has 212 valence electrons. The maximum absolute atomic E-state index is 14.0. The largest absolute Gasteiger partial charge is 0.493 e. The molecule has 1 aromatic carbocycles. The van der Waals surface area contributed by atoms with Crippen molar-refractivity contribution in [1.29, 1.82) is 0 Å². The molecule has 0 spiro atoms. The molecule has 4 atom stereocenters. The van der Waals surface area contributed by atoms with Crippen molar-refractivity contribution in [3.8, 4) is 17.2 Å². The highest BCUT2D eigenvalue weighted by molar-refractivity contribution is 7.58. The molecule has 4 unspecified atom stereocenters. The minimum atomic E-state index is -3.00. The normalized spacial score (nSPS) is 26.2. The Hall–Kier alpha value is -1.82. The van der Waals surface area contributed by atoms with Gasteiger partial charge in [-0.25, -0.2) is 9.34 Å². The quantitative estimate of drug-likeness (QED) is 0.230. The van der Waals surface area contributed by atoms with Gasteiger partial charge in [0.05, 0.1) is 54.1 Å². The van der Waals surface area contributed by atoms with Crippen LogP contribution in [0.2, 0.25) is 0 Å². The fourth-order valence-corrected chi connectivity index (χ4v) is 7.08. The molecule has 1 aromatic rings. The Morgan fingerprint density at radius 3 is 2.21 bits per heavy atom. The number of hydrogen-bond donors (Lipinski definition) is 0. The number of amides is 1. The number of methoxy groups -OCH3 is 3. The lowest BCUT2D eigenvalue weighted by Crippen LogP contribution is -2.59. The highest BCUT2D eigenvalue weighted by Crippen LogP contribution is 2.51. The van der Waals surface area contributed by atoms with Gasteiger partial charge in [0.1, 0.15) is 26.8 Å². The first-order valence-corrected chi connectivity index (χ1v) is 14.7. The topological polar surface area (TPSA) is 90.0 Å². The summed E-state index contributed by atoms with van der Waals surface area (Å²) in [6.07, 6.45) is -0.0709. The number of likely N-dealkylation sites (N-methyl/N-ethyl adjacent to an activating group) is 1. The highest BCUT2D eigenvalue weighted by atomic mass is 31.2.